The van der Waals surface area contributed by atoms with E-state index >= 15 is 0 Å². The molecule has 0 spiro atoms. The zero-order valence-electron chi connectivity index (χ0n) is 18.7. The Morgan fingerprint density at radius 2 is 1.72 bits per heavy atom. The molecule has 1 aliphatic heterocycles. The Labute approximate surface area is 188 Å². The molecular weight excluding hydrogens is 432 g/mol. The van der Waals surface area contributed by atoms with E-state index in [1.807, 2.05) is 18.2 Å². The number of carbonyl (C=O) groups excluding carboxylic acids is 2. The molecule has 0 bridgehead atoms. The van der Waals surface area contributed by atoms with Crippen molar-refractivity contribution >= 4 is 21.9 Å². The fraction of sp³-hybridized carbons (Fsp3) is 0.455. The monoisotopic (exact) mass is 462 g/mol. The summed E-state index contributed by atoms with van der Waals surface area (Å²) in [6, 6.07) is 10.1. The van der Waals surface area contributed by atoms with Crippen LogP contribution in [-0.2, 0) is 26.1 Å². The van der Waals surface area contributed by atoms with Crippen molar-refractivity contribution < 1.29 is 22.7 Å². The highest BCUT2D eigenvalue weighted by Crippen LogP contribution is 2.24. The van der Waals surface area contributed by atoms with E-state index in [1.54, 1.807) is 25.7 Å². The average Bonchev–Trinajstić information content (AvgIpc) is 3.08. The van der Waals surface area contributed by atoms with Crippen molar-refractivity contribution in [1.82, 2.24) is 19.5 Å². The van der Waals surface area contributed by atoms with Crippen molar-refractivity contribution in [2.75, 3.05) is 39.3 Å². The molecular formula is C22H30N4O5S. The number of hydrogen-bond donors (Lipinski definition) is 2. The molecule has 10 heteroatoms. The average molecular weight is 463 g/mol. The number of H-pyrrole nitrogens is 1. The Morgan fingerprint density at radius 3 is 2.34 bits per heavy atom. The second-order valence-electron chi connectivity index (χ2n) is 7.77. The highest BCUT2D eigenvalue weighted by Gasteiger charge is 2.31. The molecule has 1 saturated heterocycles. The Hall–Kier alpha value is -2.69. The maximum atomic E-state index is 12.9. The summed E-state index contributed by atoms with van der Waals surface area (Å²) in [5.74, 6) is -1.01. The van der Waals surface area contributed by atoms with Crippen molar-refractivity contribution in [3.63, 3.8) is 0 Å². The Balaban J connectivity index is 1.59. The first kappa shape index (κ1) is 24.0. The number of carbonyl (C=O) groups is 2. The largest absolute Gasteiger partial charge is 0.462 e. The number of piperazine rings is 1. The van der Waals surface area contributed by atoms with E-state index < -0.39 is 16.0 Å². The van der Waals surface area contributed by atoms with Gasteiger partial charge in [-0.2, -0.15) is 0 Å². The fourth-order valence-corrected chi connectivity index (χ4v) is 5.30. The van der Waals surface area contributed by atoms with Crippen LogP contribution in [0.25, 0.3) is 0 Å². The number of hydrogen-bond acceptors (Lipinski definition) is 6. The summed E-state index contributed by atoms with van der Waals surface area (Å²) in [6.07, 6.45) is 0. The predicted octanol–water partition coefficient (Wildman–Crippen LogP) is 1.43. The molecule has 1 aliphatic rings. The van der Waals surface area contributed by atoms with Gasteiger partial charge in [-0.1, -0.05) is 30.3 Å². The highest BCUT2D eigenvalue weighted by molar-refractivity contribution is 7.89. The van der Waals surface area contributed by atoms with Gasteiger partial charge in [0, 0.05) is 44.1 Å². The molecule has 32 heavy (non-hydrogen) atoms. The number of benzene rings is 1. The van der Waals surface area contributed by atoms with Gasteiger partial charge in [-0.3, -0.25) is 9.69 Å². The number of amides is 1. The SMILES string of the molecule is CCOC(=O)c1c(C)[nH]c(C)c1S(=O)(=O)NCC(=O)N1CCN(Cc2ccccc2)CC1. The van der Waals surface area contributed by atoms with E-state index in [2.05, 4.69) is 26.7 Å². The van der Waals surface area contributed by atoms with Crippen molar-refractivity contribution in [2.45, 2.75) is 32.2 Å². The maximum Gasteiger partial charge on any atom is 0.341 e. The van der Waals surface area contributed by atoms with Gasteiger partial charge in [0.2, 0.25) is 15.9 Å². The van der Waals surface area contributed by atoms with Gasteiger partial charge in [0.15, 0.2) is 0 Å². The van der Waals surface area contributed by atoms with Gasteiger partial charge in [-0.15, -0.1) is 0 Å². The van der Waals surface area contributed by atoms with Gasteiger partial charge >= 0.3 is 5.97 Å². The van der Waals surface area contributed by atoms with Gasteiger partial charge in [0.25, 0.3) is 0 Å². The van der Waals surface area contributed by atoms with E-state index in [9.17, 15) is 18.0 Å². The van der Waals surface area contributed by atoms with Crippen LogP contribution in [0, 0.1) is 13.8 Å². The fourth-order valence-electron chi connectivity index (χ4n) is 3.88. The van der Waals surface area contributed by atoms with Crippen LogP contribution < -0.4 is 4.72 Å². The lowest BCUT2D eigenvalue weighted by atomic mass is 10.2. The molecule has 1 aromatic heterocycles. The Morgan fingerprint density at radius 1 is 1.06 bits per heavy atom. The molecule has 1 aromatic carbocycles. The number of aryl methyl sites for hydroxylation is 2. The molecule has 3 rings (SSSR count). The van der Waals surface area contributed by atoms with Crippen molar-refractivity contribution in [3.8, 4) is 0 Å². The Kier molecular flexibility index (Phi) is 7.70. The van der Waals surface area contributed by atoms with Crippen molar-refractivity contribution in [3.05, 3.63) is 52.8 Å². The smallest absolute Gasteiger partial charge is 0.341 e. The number of aromatic nitrogens is 1. The van der Waals surface area contributed by atoms with Crippen LogP contribution in [0.1, 0.15) is 34.2 Å². The summed E-state index contributed by atoms with van der Waals surface area (Å²) in [5.41, 5.74) is 1.91. The van der Waals surface area contributed by atoms with Crippen molar-refractivity contribution in [1.29, 1.82) is 0 Å². The van der Waals surface area contributed by atoms with Gasteiger partial charge < -0.3 is 14.6 Å². The summed E-state index contributed by atoms with van der Waals surface area (Å²) in [4.78, 5) is 31.5. The number of aromatic amines is 1. The number of nitrogens with one attached hydrogen (secondary N) is 2. The number of nitrogens with zero attached hydrogens (tertiary/aromatic N) is 2. The normalized spacial score (nSPS) is 15.0. The van der Waals surface area contributed by atoms with Gasteiger partial charge in [-0.05, 0) is 26.3 Å². The lowest BCUT2D eigenvalue weighted by Gasteiger charge is -2.34. The van der Waals surface area contributed by atoms with Crippen LogP contribution in [0.3, 0.4) is 0 Å². The molecule has 2 aromatic rings. The van der Waals surface area contributed by atoms with Crippen LogP contribution in [0.5, 0.6) is 0 Å². The first-order valence-corrected chi connectivity index (χ1v) is 12.1. The lowest BCUT2D eigenvalue weighted by Crippen LogP contribution is -2.50. The minimum atomic E-state index is -4.09. The molecule has 0 aliphatic carbocycles. The molecule has 174 valence electrons. The summed E-state index contributed by atoms with van der Waals surface area (Å²) in [6.45, 7) is 7.91. The molecule has 2 N–H and O–H groups in total. The van der Waals surface area contributed by atoms with Crippen LogP contribution >= 0.6 is 0 Å². The van der Waals surface area contributed by atoms with E-state index in [0.29, 0.717) is 24.5 Å². The first-order chi connectivity index (χ1) is 15.2. The second-order valence-corrected chi connectivity index (χ2v) is 9.47. The molecule has 1 amide bonds. The molecule has 0 radical (unpaired) electrons. The van der Waals surface area contributed by atoms with Crippen LogP contribution in [0.4, 0.5) is 0 Å². The summed E-state index contributed by atoms with van der Waals surface area (Å²) >= 11 is 0. The molecule has 9 nitrogen and oxygen atoms in total. The third-order valence-corrected chi connectivity index (χ3v) is 7.03. The minimum absolute atomic E-state index is 0.0289. The number of sulfonamides is 1. The summed E-state index contributed by atoms with van der Waals surface area (Å²) < 4.78 is 33.2. The van der Waals surface area contributed by atoms with E-state index in [0.717, 1.165) is 19.6 Å². The standard InChI is InChI=1S/C22H30N4O5S/c1-4-31-22(28)20-16(2)24-17(3)21(20)32(29,30)23-14-19(27)26-12-10-25(11-13-26)15-18-8-6-5-7-9-18/h5-9,23-24H,4,10-15H2,1-3H3. The first-order valence-electron chi connectivity index (χ1n) is 10.6. The lowest BCUT2D eigenvalue weighted by molar-refractivity contribution is -0.131. The minimum Gasteiger partial charge on any atom is -0.462 e. The zero-order valence-corrected chi connectivity index (χ0v) is 19.5. The number of ether oxygens (including phenoxy) is 1. The second kappa shape index (κ2) is 10.3. The van der Waals surface area contributed by atoms with E-state index in [4.69, 9.17) is 4.74 Å². The topological polar surface area (TPSA) is 112 Å². The quantitative estimate of drug-likeness (QED) is 0.574. The third kappa shape index (κ3) is 5.56. The van der Waals surface area contributed by atoms with Gasteiger partial charge in [-0.25, -0.2) is 17.9 Å². The zero-order chi connectivity index (χ0) is 23.3. The number of esters is 1. The van der Waals surface area contributed by atoms with Crippen LogP contribution in [-0.4, -0.2) is 74.4 Å². The molecule has 0 unspecified atom stereocenters. The van der Waals surface area contributed by atoms with Gasteiger partial charge in [0.1, 0.15) is 10.5 Å². The number of rotatable bonds is 8. The predicted molar refractivity (Wildman–Crippen MR) is 120 cm³/mol. The maximum absolute atomic E-state index is 12.9. The Bertz CT molecular complexity index is 1060. The molecule has 0 atom stereocenters. The van der Waals surface area contributed by atoms with Crippen LogP contribution in [0.15, 0.2) is 35.2 Å². The van der Waals surface area contributed by atoms with Crippen LogP contribution in [0.2, 0.25) is 0 Å². The van der Waals surface area contributed by atoms with E-state index in [1.165, 1.54) is 5.56 Å². The molecule has 0 saturated carbocycles. The van der Waals surface area contributed by atoms with Crippen molar-refractivity contribution in [2.24, 2.45) is 0 Å². The summed E-state index contributed by atoms with van der Waals surface area (Å²) in [5, 5.41) is 0. The van der Waals surface area contributed by atoms with E-state index in [-0.39, 0.29) is 29.5 Å². The van der Waals surface area contributed by atoms with Gasteiger partial charge in [0.05, 0.1) is 13.2 Å². The third-order valence-electron chi connectivity index (χ3n) is 5.45. The molecule has 1 fully saturated rings. The molecule has 2 heterocycles. The highest BCUT2D eigenvalue weighted by atomic mass is 32.2. The summed E-state index contributed by atoms with van der Waals surface area (Å²) in [7, 11) is -4.09.